The van der Waals surface area contributed by atoms with Gasteiger partial charge < -0.3 is 14.2 Å². The molecule has 0 atom stereocenters. The summed E-state index contributed by atoms with van der Waals surface area (Å²) in [5.74, 6) is 0.585. The van der Waals surface area contributed by atoms with Crippen LogP contribution in [0.25, 0.3) is 22.8 Å². The smallest absolute Gasteiger partial charge is 0.280 e. The molecular formula is C29H30ClN3O2. The minimum absolute atomic E-state index is 0.0386. The van der Waals surface area contributed by atoms with E-state index in [9.17, 15) is 4.79 Å². The number of aromatic nitrogens is 1. The maximum Gasteiger partial charge on any atom is 0.280 e. The van der Waals surface area contributed by atoms with Crippen molar-refractivity contribution in [3.05, 3.63) is 89.1 Å². The number of oxazole rings is 1. The molecule has 1 amide bonds. The molecule has 0 saturated carbocycles. The van der Waals surface area contributed by atoms with E-state index in [0.717, 1.165) is 16.8 Å². The quantitative estimate of drug-likeness (QED) is 0.296. The van der Waals surface area contributed by atoms with Gasteiger partial charge in [0.05, 0.1) is 0 Å². The molecule has 35 heavy (non-hydrogen) atoms. The van der Waals surface area contributed by atoms with Crippen molar-refractivity contribution in [2.24, 2.45) is 0 Å². The summed E-state index contributed by atoms with van der Waals surface area (Å²) in [6.07, 6.45) is 0. The number of halogens is 1. The van der Waals surface area contributed by atoms with E-state index in [0.29, 0.717) is 22.4 Å². The molecule has 4 rings (SSSR count). The van der Waals surface area contributed by atoms with Gasteiger partial charge >= 0.3 is 0 Å². The Kier molecular flexibility index (Phi) is 6.73. The molecule has 0 spiro atoms. The van der Waals surface area contributed by atoms with Gasteiger partial charge in [-0.2, -0.15) is 0 Å². The van der Waals surface area contributed by atoms with Crippen LogP contribution in [0.1, 0.15) is 36.8 Å². The van der Waals surface area contributed by atoms with Gasteiger partial charge in [-0.25, -0.2) is 4.98 Å². The van der Waals surface area contributed by atoms with Crippen LogP contribution >= 0.6 is 11.6 Å². The first-order valence-electron chi connectivity index (χ1n) is 11.5. The Balaban J connectivity index is 1.78. The fourth-order valence-electron chi connectivity index (χ4n) is 3.75. The summed E-state index contributed by atoms with van der Waals surface area (Å²) in [7, 11) is 5.69. The maximum absolute atomic E-state index is 13.6. The molecule has 0 aliphatic carbocycles. The van der Waals surface area contributed by atoms with Crippen molar-refractivity contribution in [1.82, 2.24) is 4.98 Å². The predicted molar refractivity (Wildman–Crippen MR) is 145 cm³/mol. The summed E-state index contributed by atoms with van der Waals surface area (Å²) in [6.45, 7) is 6.52. The molecule has 6 heteroatoms. The Morgan fingerprint density at radius 3 is 1.89 bits per heavy atom. The first-order valence-corrected chi connectivity index (χ1v) is 11.9. The van der Waals surface area contributed by atoms with E-state index in [1.54, 1.807) is 36.2 Å². The third kappa shape index (κ3) is 5.25. The van der Waals surface area contributed by atoms with Crippen LogP contribution in [-0.2, 0) is 5.41 Å². The fourth-order valence-corrected chi connectivity index (χ4v) is 3.87. The first-order chi connectivity index (χ1) is 16.5. The third-order valence-corrected chi connectivity index (χ3v) is 6.24. The predicted octanol–water partition coefficient (Wildman–Crippen LogP) is 7.30. The summed E-state index contributed by atoms with van der Waals surface area (Å²) in [4.78, 5) is 21.8. The van der Waals surface area contributed by atoms with E-state index in [2.05, 4.69) is 37.9 Å². The van der Waals surface area contributed by atoms with Crippen LogP contribution in [0.5, 0.6) is 0 Å². The normalized spacial score (nSPS) is 11.4. The van der Waals surface area contributed by atoms with E-state index in [1.807, 2.05) is 55.4 Å². The van der Waals surface area contributed by atoms with Gasteiger partial charge in [0.2, 0.25) is 5.89 Å². The van der Waals surface area contributed by atoms with Crippen LogP contribution in [-0.4, -0.2) is 32.0 Å². The number of benzene rings is 3. The molecule has 0 unspecified atom stereocenters. The van der Waals surface area contributed by atoms with Crippen molar-refractivity contribution in [2.75, 3.05) is 30.9 Å². The van der Waals surface area contributed by atoms with Gasteiger partial charge in [-0.15, -0.1) is 0 Å². The van der Waals surface area contributed by atoms with Crippen LogP contribution in [0.3, 0.4) is 0 Å². The standard InChI is InChI=1S/C29H30ClN3O2/c1-29(2,3)21-11-7-20(8-12-21)27-31-25(28(34)33(6)24-17-13-22(30)14-18-24)26(35-27)19-9-15-23(16-10-19)32(4)5/h7-18H,1-6H3. The summed E-state index contributed by atoms with van der Waals surface area (Å²) in [6, 6.07) is 23.1. The topological polar surface area (TPSA) is 49.6 Å². The summed E-state index contributed by atoms with van der Waals surface area (Å²) < 4.78 is 6.25. The minimum atomic E-state index is -0.264. The van der Waals surface area contributed by atoms with Crippen molar-refractivity contribution in [1.29, 1.82) is 0 Å². The number of nitrogens with zero attached hydrogens (tertiary/aromatic N) is 3. The zero-order valence-electron chi connectivity index (χ0n) is 21.0. The summed E-state index contributed by atoms with van der Waals surface area (Å²) in [5, 5.41) is 0.610. The number of carbonyl (C=O) groups excluding carboxylic acids is 1. The molecule has 3 aromatic carbocycles. The first kappa shape index (κ1) is 24.6. The number of hydrogen-bond donors (Lipinski definition) is 0. The second-order valence-corrected chi connectivity index (χ2v) is 10.2. The van der Waals surface area contributed by atoms with E-state index < -0.39 is 0 Å². The Bertz CT molecular complexity index is 1320. The van der Waals surface area contributed by atoms with Crippen molar-refractivity contribution in [3.8, 4) is 22.8 Å². The number of anilines is 2. The molecule has 0 aliphatic heterocycles. The molecule has 0 saturated heterocycles. The molecule has 0 radical (unpaired) electrons. The van der Waals surface area contributed by atoms with Crippen LogP contribution in [0, 0.1) is 0 Å². The van der Waals surface area contributed by atoms with Crippen molar-refractivity contribution in [3.63, 3.8) is 0 Å². The van der Waals surface area contributed by atoms with Gasteiger partial charge in [-0.3, -0.25) is 4.79 Å². The zero-order chi connectivity index (χ0) is 25.3. The van der Waals surface area contributed by atoms with E-state index >= 15 is 0 Å². The number of carbonyl (C=O) groups is 1. The van der Waals surface area contributed by atoms with Crippen LogP contribution in [0.4, 0.5) is 11.4 Å². The molecule has 0 N–H and O–H groups in total. The highest BCUT2D eigenvalue weighted by atomic mass is 35.5. The van der Waals surface area contributed by atoms with E-state index in [1.165, 1.54) is 5.56 Å². The van der Waals surface area contributed by atoms with Gasteiger partial charge in [0, 0.05) is 48.7 Å². The lowest BCUT2D eigenvalue weighted by Crippen LogP contribution is -2.27. The highest BCUT2D eigenvalue weighted by Crippen LogP contribution is 2.33. The van der Waals surface area contributed by atoms with E-state index in [4.69, 9.17) is 16.0 Å². The number of hydrogen-bond acceptors (Lipinski definition) is 4. The molecule has 4 aromatic rings. The van der Waals surface area contributed by atoms with Gasteiger partial charge in [0.15, 0.2) is 11.5 Å². The van der Waals surface area contributed by atoms with Crippen molar-refractivity contribution < 1.29 is 9.21 Å². The molecule has 180 valence electrons. The lowest BCUT2D eigenvalue weighted by molar-refractivity contribution is 0.0989. The average Bonchev–Trinajstić information content (AvgIpc) is 3.29. The van der Waals surface area contributed by atoms with Gasteiger partial charge in [-0.1, -0.05) is 44.5 Å². The Hall–Kier alpha value is -3.57. The second-order valence-electron chi connectivity index (χ2n) is 9.81. The number of rotatable bonds is 5. The Labute approximate surface area is 212 Å². The van der Waals surface area contributed by atoms with Crippen molar-refractivity contribution in [2.45, 2.75) is 26.2 Å². The fraction of sp³-hybridized carbons (Fsp3) is 0.241. The minimum Gasteiger partial charge on any atom is -0.435 e. The summed E-state index contributed by atoms with van der Waals surface area (Å²) in [5.41, 5.74) is 4.88. The SMILES string of the molecule is CN(C)c1ccc(-c2oc(-c3ccc(C(C)(C)C)cc3)nc2C(=O)N(C)c2ccc(Cl)cc2)cc1. The van der Waals surface area contributed by atoms with Crippen LogP contribution in [0.2, 0.25) is 5.02 Å². The molecule has 1 aromatic heterocycles. The molecule has 1 heterocycles. The summed E-state index contributed by atoms with van der Waals surface area (Å²) >= 11 is 6.03. The molecule has 0 aliphatic rings. The molecular weight excluding hydrogens is 458 g/mol. The average molecular weight is 488 g/mol. The maximum atomic E-state index is 13.6. The van der Waals surface area contributed by atoms with Gasteiger partial charge in [0.1, 0.15) is 0 Å². The van der Waals surface area contributed by atoms with E-state index in [-0.39, 0.29) is 17.0 Å². The van der Waals surface area contributed by atoms with Crippen LogP contribution < -0.4 is 9.80 Å². The third-order valence-electron chi connectivity index (χ3n) is 5.99. The van der Waals surface area contributed by atoms with Gasteiger partial charge in [-0.05, 0) is 71.6 Å². The molecule has 0 bridgehead atoms. The molecule has 0 fully saturated rings. The lowest BCUT2D eigenvalue weighted by Gasteiger charge is -2.18. The monoisotopic (exact) mass is 487 g/mol. The van der Waals surface area contributed by atoms with Crippen molar-refractivity contribution >= 4 is 28.9 Å². The van der Waals surface area contributed by atoms with Gasteiger partial charge in [0.25, 0.3) is 5.91 Å². The highest BCUT2D eigenvalue weighted by Gasteiger charge is 2.26. The van der Waals surface area contributed by atoms with Crippen LogP contribution in [0.15, 0.2) is 77.2 Å². The Morgan fingerprint density at radius 1 is 0.800 bits per heavy atom. The largest absolute Gasteiger partial charge is 0.435 e. The zero-order valence-corrected chi connectivity index (χ0v) is 21.7. The lowest BCUT2D eigenvalue weighted by atomic mass is 9.87. The highest BCUT2D eigenvalue weighted by molar-refractivity contribution is 6.30. The number of amides is 1. The second kappa shape index (κ2) is 9.59. The Morgan fingerprint density at radius 2 is 1.34 bits per heavy atom. The molecule has 5 nitrogen and oxygen atoms in total.